The van der Waals surface area contributed by atoms with Crippen molar-refractivity contribution in [1.82, 2.24) is 0 Å². The lowest BCUT2D eigenvalue weighted by Crippen LogP contribution is -2.21. The molecule has 0 aliphatic carbocycles. The van der Waals surface area contributed by atoms with Crippen LogP contribution in [0.15, 0.2) is 36.4 Å². The smallest absolute Gasteiger partial charge is 0.340 e. The largest absolute Gasteiger partial charge is 0.452 e. The molecule has 3 N–H and O–H groups in total. The Balaban J connectivity index is 1.96. The Morgan fingerprint density at radius 1 is 1.16 bits per heavy atom. The molecule has 0 radical (unpaired) electrons. The van der Waals surface area contributed by atoms with Gasteiger partial charge >= 0.3 is 5.97 Å². The zero-order valence-corrected chi connectivity index (χ0v) is 12.5. The van der Waals surface area contributed by atoms with Gasteiger partial charge in [-0.2, -0.15) is 0 Å². The Morgan fingerprint density at radius 2 is 1.88 bits per heavy atom. The van der Waals surface area contributed by atoms with Crippen molar-refractivity contribution >= 4 is 28.9 Å². The molecule has 0 unspecified atom stereocenters. The summed E-state index contributed by atoms with van der Waals surface area (Å²) >= 11 is 0. The fourth-order valence-electron chi connectivity index (χ4n) is 1.83. The Hall–Kier alpha value is -3.56. The van der Waals surface area contributed by atoms with Crippen molar-refractivity contribution in [2.75, 3.05) is 17.7 Å². The predicted molar refractivity (Wildman–Crippen MR) is 82.8 cm³/mol. The molecule has 0 saturated carbocycles. The number of benzene rings is 2. The van der Waals surface area contributed by atoms with Crippen LogP contribution in [0, 0.1) is 21.7 Å². The lowest BCUT2D eigenvalue weighted by Gasteiger charge is -2.08. The van der Waals surface area contributed by atoms with E-state index in [-0.39, 0.29) is 22.6 Å². The summed E-state index contributed by atoms with van der Waals surface area (Å²) in [7, 11) is 0. The van der Waals surface area contributed by atoms with Gasteiger partial charge in [0.1, 0.15) is 0 Å². The van der Waals surface area contributed by atoms with Gasteiger partial charge in [0.2, 0.25) is 0 Å². The molecule has 2 aromatic carbocycles. The minimum Gasteiger partial charge on any atom is -0.452 e. The summed E-state index contributed by atoms with van der Waals surface area (Å²) < 4.78 is 30.5. The van der Waals surface area contributed by atoms with Gasteiger partial charge in [-0.1, -0.05) is 0 Å². The number of nitrogens with two attached hydrogens (primary N) is 1. The van der Waals surface area contributed by atoms with Crippen LogP contribution in [0.4, 0.5) is 25.8 Å². The molecule has 0 atom stereocenters. The van der Waals surface area contributed by atoms with Crippen molar-refractivity contribution in [1.29, 1.82) is 0 Å². The fraction of sp³-hybridized carbons (Fsp3) is 0.0667. The highest BCUT2D eigenvalue weighted by Crippen LogP contribution is 2.20. The number of hydrogen-bond acceptors (Lipinski definition) is 6. The number of hydrogen-bond donors (Lipinski definition) is 2. The van der Waals surface area contributed by atoms with Gasteiger partial charge in [0.05, 0.1) is 16.2 Å². The average molecular weight is 351 g/mol. The number of nitro benzene ring substituents is 1. The van der Waals surface area contributed by atoms with Crippen molar-refractivity contribution in [3.8, 4) is 0 Å². The maximum Gasteiger partial charge on any atom is 0.340 e. The van der Waals surface area contributed by atoms with Crippen molar-refractivity contribution in [3.05, 3.63) is 63.7 Å². The zero-order valence-electron chi connectivity index (χ0n) is 12.5. The Labute approximate surface area is 139 Å². The maximum absolute atomic E-state index is 13.0. The second-order valence-corrected chi connectivity index (χ2v) is 4.78. The number of anilines is 2. The van der Waals surface area contributed by atoms with Gasteiger partial charge < -0.3 is 15.8 Å². The molecule has 2 aromatic rings. The van der Waals surface area contributed by atoms with E-state index in [1.165, 1.54) is 0 Å². The molecule has 2 rings (SSSR count). The summed E-state index contributed by atoms with van der Waals surface area (Å²) in [6.07, 6.45) is 0. The molecule has 0 fully saturated rings. The van der Waals surface area contributed by atoms with E-state index in [0.29, 0.717) is 0 Å². The standard InChI is InChI=1S/C15H11F2N3O5/c16-11-4-1-8(5-12(11)17)19-14(21)7-25-15(22)10-3-2-9(20(23)24)6-13(10)18/h1-6H,7,18H2,(H,19,21). The number of nitro groups is 1. The predicted octanol–water partition coefficient (Wildman–Crippen LogP) is 2.25. The molecule has 0 saturated heterocycles. The van der Waals surface area contributed by atoms with Crippen molar-refractivity contribution in [2.45, 2.75) is 0 Å². The number of halogens is 2. The van der Waals surface area contributed by atoms with Gasteiger partial charge in [0.15, 0.2) is 18.2 Å². The highest BCUT2D eigenvalue weighted by Gasteiger charge is 2.17. The first-order valence-corrected chi connectivity index (χ1v) is 6.74. The SMILES string of the molecule is Nc1cc([N+](=O)[O-])ccc1C(=O)OCC(=O)Nc1ccc(F)c(F)c1. The quantitative estimate of drug-likeness (QED) is 0.368. The van der Waals surface area contributed by atoms with E-state index in [4.69, 9.17) is 10.5 Å². The third-order valence-electron chi connectivity index (χ3n) is 3.00. The summed E-state index contributed by atoms with van der Waals surface area (Å²) in [5, 5.41) is 12.8. The summed E-state index contributed by atoms with van der Waals surface area (Å²) in [5.74, 6) is -3.97. The number of nitrogen functional groups attached to an aromatic ring is 1. The molecular weight excluding hydrogens is 340 g/mol. The van der Waals surface area contributed by atoms with E-state index in [1.807, 2.05) is 0 Å². The molecule has 130 valence electrons. The van der Waals surface area contributed by atoms with Crippen LogP contribution in [0.2, 0.25) is 0 Å². The van der Waals surface area contributed by atoms with Gasteiger partial charge in [0.25, 0.3) is 11.6 Å². The number of nitrogens with one attached hydrogen (secondary N) is 1. The van der Waals surface area contributed by atoms with Gasteiger partial charge in [0, 0.05) is 23.9 Å². The molecule has 0 spiro atoms. The number of ether oxygens (including phenoxy) is 1. The van der Waals surface area contributed by atoms with E-state index in [1.54, 1.807) is 0 Å². The number of rotatable bonds is 5. The number of amides is 1. The third kappa shape index (κ3) is 4.47. The fourth-order valence-corrected chi connectivity index (χ4v) is 1.83. The Kier molecular flexibility index (Phi) is 5.22. The minimum absolute atomic E-state index is 0.0187. The number of non-ortho nitro benzene ring substituents is 1. The Bertz CT molecular complexity index is 857. The molecule has 25 heavy (non-hydrogen) atoms. The van der Waals surface area contributed by atoms with Gasteiger partial charge in [-0.25, -0.2) is 13.6 Å². The first kappa shape index (κ1) is 17.8. The molecular formula is C15H11F2N3O5. The van der Waals surface area contributed by atoms with Crippen LogP contribution >= 0.6 is 0 Å². The first-order valence-electron chi connectivity index (χ1n) is 6.74. The van der Waals surface area contributed by atoms with Gasteiger partial charge in [-0.3, -0.25) is 14.9 Å². The summed E-state index contributed by atoms with van der Waals surface area (Å²) in [6, 6.07) is 5.87. The van der Waals surface area contributed by atoms with Crippen LogP contribution in [0.1, 0.15) is 10.4 Å². The van der Waals surface area contributed by atoms with Crippen molar-refractivity contribution in [3.63, 3.8) is 0 Å². The summed E-state index contributed by atoms with van der Waals surface area (Å²) in [5.41, 5.74) is 4.89. The minimum atomic E-state index is -1.14. The summed E-state index contributed by atoms with van der Waals surface area (Å²) in [4.78, 5) is 33.4. The van der Waals surface area contributed by atoms with Crippen LogP contribution in [-0.2, 0) is 9.53 Å². The first-order chi connectivity index (χ1) is 11.8. The highest BCUT2D eigenvalue weighted by molar-refractivity contribution is 5.98. The molecule has 0 aliphatic rings. The topological polar surface area (TPSA) is 125 Å². The number of carbonyl (C=O) groups is 2. The lowest BCUT2D eigenvalue weighted by atomic mass is 10.1. The van der Waals surface area contributed by atoms with E-state index in [9.17, 15) is 28.5 Å². The molecule has 0 aliphatic heterocycles. The lowest BCUT2D eigenvalue weighted by molar-refractivity contribution is -0.384. The van der Waals surface area contributed by atoms with Crippen molar-refractivity contribution in [2.24, 2.45) is 0 Å². The zero-order chi connectivity index (χ0) is 18.6. The molecule has 10 heteroatoms. The van der Waals surface area contributed by atoms with E-state index >= 15 is 0 Å². The van der Waals surface area contributed by atoms with Crippen LogP contribution in [0.3, 0.4) is 0 Å². The molecule has 1 amide bonds. The van der Waals surface area contributed by atoms with Crippen LogP contribution in [0.5, 0.6) is 0 Å². The average Bonchev–Trinajstić information content (AvgIpc) is 2.56. The molecule has 0 bridgehead atoms. The van der Waals surface area contributed by atoms with E-state index < -0.39 is 35.0 Å². The second-order valence-electron chi connectivity index (χ2n) is 4.78. The summed E-state index contributed by atoms with van der Waals surface area (Å²) in [6.45, 7) is -0.714. The maximum atomic E-state index is 13.0. The number of nitrogens with zero attached hydrogens (tertiary/aromatic N) is 1. The second kappa shape index (κ2) is 7.34. The highest BCUT2D eigenvalue weighted by atomic mass is 19.2. The number of carbonyl (C=O) groups excluding carboxylic acids is 2. The molecule has 8 nitrogen and oxygen atoms in total. The normalized spacial score (nSPS) is 10.2. The monoisotopic (exact) mass is 351 g/mol. The van der Waals surface area contributed by atoms with Crippen LogP contribution in [-0.4, -0.2) is 23.4 Å². The van der Waals surface area contributed by atoms with E-state index in [0.717, 1.165) is 36.4 Å². The van der Waals surface area contributed by atoms with E-state index in [2.05, 4.69) is 5.32 Å². The van der Waals surface area contributed by atoms with Crippen LogP contribution in [0.25, 0.3) is 0 Å². The van der Waals surface area contributed by atoms with Crippen molar-refractivity contribution < 1.29 is 28.0 Å². The third-order valence-corrected chi connectivity index (χ3v) is 3.00. The van der Waals surface area contributed by atoms with Crippen LogP contribution < -0.4 is 11.1 Å². The van der Waals surface area contributed by atoms with Gasteiger partial charge in [-0.15, -0.1) is 0 Å². The number of esters is 1. The molecule has 0 aromatic heterocycles. The molecule has 0 heterocycles. The Morgan fingerprint density at radius 3 is 2.48 bits per heavy atom. The van der Waals surface area contributed by atoms with Gasteiger partial charge in [-0.05, 0) is 18.2 Å².